The maximum atomic E-state index is 8.03. The summed E-state index contributed by atoms with van der Waals surface area (Å²) in [5.41, 5.74) is 8.74. The normalized spacial score (nSPS) is 9.27. The van der Waals surface area contributed by atoms with Gasteiger partial charge in [0.05, 0.1) is 6.54 Å². The number of nitrogens with zero attached hydrogens (tertiary/aromatic N) is 6. The van der Waals surface area contributed by atoms with Crippen LogP contribution in [0.1, 0.15) is 5.69 Å². The van der Waals surface area contributed by atoms with Crippen LogP contribution in [0.5, 0.6) is 0 Å². The monoisotopic (exact) mass is 264 g/mol. The Morgan fingerprint density at radius 2 is 2.45 bits per heavy atom. The van der Waals surface area contributed by atoms with Gasteiger partial charge in [0.25, 0.3) is 0 Å². The van der Waals surface area contributed by atoms with Crippen molar-refractivity contribution < 1.29 is 0 Å². The van der Waals surface area contributed by atoms with Gasteiger partial charge >= 0.3 is 0 Å². The van der Waals surface area contributed by atoms with Crippen molar-refractivity contribution in [2.75, 3.05) is 0 Å². The number of halogens is 1. The van der Waals surface area contributed by atoms with Crippen molar-refractivity contribution in [3.8, 4) is 0 Å². The van der Waals surface area contributed by atoms with E-state index < -0.39 is 0 Å². The van der Waals surface area contributed by atoms with E-state index in [1.165, 1.54) is 4.80 Å². The third kappa shape index (κ3) is 2.05. The van der Waals surface area contributed by atoms with Crippen molar-refractivity contribution in [3.63, 3.8) is 0 Å². The molecule has 7 heteroatoms. The van der Waals surface area contributed by atoms with E-state index in [0.717, 1.165) is 3.70 Å². The molecule has 0 N–H and O–H groups in total. The summed E-state index contributed by atoms with van der Waals surface area (Å²) < 4.78 is 0.775. The first-order chi connectivity index (χ1) is 5.24. The van der Waals surface area contributed by atoms with Gasteiger partial charge in [-0.15, -0.1) is 5.10 Å². The second kappa shape index (κ2) is 3.54. The average Bonchev–Trinajstić information content (AvgIpc) is 2.26. The summed E-state index contributed by atoms with van der Waals surface area (Å²) in [4.78, 5) is 4.07. The number of azide groups is 1. The lowest BCUT2D eigenvalue weighted by Crippen LogP contribution is -1.92. The lowest BCUT2D eigenvalue weighted by atomic mass is 10.5. The number of aromatic nitrogens is 3. The Hall–Kier alpha value is -0.820. The fourth-order valence-electron chi connectivity index (χ4n) is 0.619. The molecule has 0 aromatic carbocycles. The third-order valence-electron chi connectivity index (χ3n) is 1.02. The highest BCUT2D eigenvalue weighted by molar-refractivity contribution is 14.1. The minimum atomic E-state index is 0.266. The van der Waals surface area contributed by atoms with Crippen LogP contribution >= 0.6 is 22.6 Å². The molecule has 0 radical (unpaired) electrons. The molecule has 0 saturated carbocycles. The Morgan fingerprint density at radius 3 is 2.91 bits per heavy atom. The molecule has 0 atom stereocenters. The second-order valence-corrected chi connectivity index (χ2v) is 2.84. The first kappa shape index (κ1) is 8.28. The average molecular weight is 264 g/mol. The van der Waals surface area contributed by atoms with Crippen LogP contribution in [0.4, 0.5) is 0 Å². The van der Waals surface area contributed by atoms with E-state index in [0.29, 0.717) is 5.69 Å². The number of hydrogen-bond donors (Lipinski definition) is 0. The Labute approximate surface area is 76.4 Å². The number of aryl methyl sites for hydroxylation is 1. The molecule has 6 nitrogen and oxygen atoms in total. The summed E-state index contributed by atoms with van der Waals surface area (Å²) in [7, 11) is 1.72. The summed E-state index contributed by atoms with van der Waals surface area (Å²) in [5.74, 6) is 0. The van der Waals surface area contributed by atoms with Crippen LogP contribution in [0, 0.1) is 3.70 Å². The minimum absolute atomic E-state index is 0.266. The molecule has 11 heavy (non-hydrogen) atoms. The molecule has 0 bridgehead atoms. The molecule has 0 aliphatic carbocycles. The molecule has 0 unspecified atom stereocenters. The van der Waals surface area contributed by atoms with Gasteiger partial charge < -0.3 is 0 Å². The van der Waals surface area contributed by atoms with E-state index in [1.54, 1.807) is 7.05 Å². The predicted molar refractivity (Wildman–Crippen MR) is 46.6 cm³/mol. The lowest BCUT2D eigenvalue weighted by molar-refractivity contribution is 0.642. The van der Waals surface area contributed by atoms with E-state index in [4.69, 9.17) is 5.53 Å². The fraction of sp³-hybridized carbons (Fsp3) is 0.500. The van der Waals surface area contributed by atoms with Crippen molar-refractivity contribution in [2.45, 2.75) is 6.54 Å². The molecule has 0 fully saturated rings. The zero-order chi connectivity index (χ0) is 8.27. The topological polar surface area (TPSA) is 79.5 Å². The van der Waals surface area contributed by atoms with Gasteiger partial charge in [-0.2, -0.15) is 9.90 Å². The molecule has 0 saturated heterocycles. The standard InChI is InChI=1S/C4H5IN6/c1-11-8-3(2-7-10-6)4(5)9-11/h2H2,1H3. The molecular formula is C4H5IN6. The van der Waals surface area contributed by atoms with Crippen LogP contribution in [-0.2, 0) is 13.6 Å². The Balaban J connectivity index is 2.85. The summed E-state index contributed by atoms with van der Waals surface area (Å²) in [5, 5.41) is 11.3. The molecule has 1 aromatic heterocycles. The van der Waals surface area contributed by atoms with Crippen molar-refractivity contribution in [1.82, 2.24) is 15.0 Å². The van der Waals surface area contributed by atoms with Crippen molar-refractivity contribution in [1.29, 1.82) is 0 Å². The van der Waals surface area contributed by atoms with Gasteiger partial charge in [0.2, 0.25) is 0 Å². The summed E-state index contributed by atoms with van der Waals surface area (Å²) in [6.07, 6.45) is 0. The number of hydrogen-bond acceptors (Lipinski definition) is 3. The molecule has 1 rings (SSSR count). The molecule has 0 spiro atoms. The Kier molecular flexibility index (Phi) is 2.66. The first-order valence-electron chi connectivity index (χ1n) is 2.80. The van der Waals surface area contributed by atoms with Gasteiger partial charge in [0.1, 0.15) is 9.39 Å². The Bertz CT molecular complexity index is 298. The van der Waals surface area contributed by atoms with Gasteiger partial charge in [0.15, 0.2) is 0 Å². The highest BCUT2D eigenvalue weighted by atomic mass is 127. The van der Waals surface area contributed by atoms with Crippen LogP contribution in [0.25, 0.3) is 10.4 Å². The minimum Gasteiger partial charge on any atom is -0.187 e. The van der Waals surface area contributed by atoms with Gasteiger partial charge in [-0.25, -0.2) is 0 Å². The quantitative estimate of drug-likeness (QED) is 0.348. The van der Waals surface area contributed by atoms with Gasteiger partial charge in [-0.3, -0.25) is 0 Å². The zero-order valence-corrected chi connectivity index (χ0v) is 7.93. The molecule has 0 aliphatic heterocycles. The van der Waals surface area contributed by atoms with Gasteiger partial charge in [-0.05, 0) is 28.1 Å². The Morgan fingerprint density at radius 1 is 1.73 bits per heavy atom. The fourth-order valence-corrected chi connectivity index (χ4v) is 1.21. The zero-order valence-electron chi connectivity index (χ0n) is 5.77. The summed E-state index contributed by atoms with van der Waals surface area (Å²) in [6.45, 7) is 0.266. The second-order valence-electron chi connectivity index (χ2n) is 1.82. The van der Waals surface area contributed by atoms with Crippen LogP contribution < -0.4 is 0 Å². The van der Waals surface area contributed by atoms with E-state index in [1.807, 2.05) is 22.6 Å². The molecule has 1 heterocycles. The van der Waals surface area contributed by atoms with Crippen molar-refractivity contribution >= 4 is 22.6 Å². The molecule has 1 aromatic rings. The smallest absolute Gasteiger partial charge is 0.146 e. The van der Waals surface area contributed by atoms with Gasteiger partial charge in [0, 0.05) is 12.0 Å². The maximum absolute atomic E-state index is 8.03. The molecule has 0 aliphatic rings. The third-order valence-corrected chi connectivity index (χ3v) is 1.86. The van der Waals surface area contributed by atoms with Gasteiger partial charge in [-0.1, -0.05) is 5.11 Å². The van der Waals surface area contributed by atoms with E-state index >= 15 is 0 Å². The van der Waals surface area contributed by atoms with E-state index in [2.05, 4.69) is 20.2 Å². The highest BCUT2D eigenvalue weighted by Crippen LogP contribution is 2.06. The van der Waals surface area contributed by atoms with Crippen LogP contribution in [0.15, 0.2) is 5.11 Å². The van der Waals surface area contributed by atoms with E-state index in [9.17, 15) is 0 Å². The highest BCUT2D eigenvalue weighted by Gasteiger charge is 2.03. The van der Waals surface area contributed by atoms with Crippen molar-refractivity contribution in [2.24, 2.45) is 12.2 Å². The predicted octanol–water partition coefficient (Wildman–Crippen LogP) is 1.23. The van der Waals surface area contributed by atoms with Crippen LogP contribution in [-0.4, -0.2) is 15.0 Å². The number of rotatable bonds is 2. The van der Waals surface area contributed by atoms with Crippen molar-refractivity contribution in [3.05, 3.63) is 19.8 Å². The SMILES string of the molecule is Cn1nc(I)c(CN=[N+]=[N-])n1. The molecule has 58 valence electrons. The molecular weight excluding hydrogens is 259 g/mol. The lowest BCUT2D eigenvalue weighted by Gasteiger charge is -1.83. The van der Waals surface area contributed by atoms with Crippen LogP contribution in [0.2, 0.25) is 0 Å². The first-order valence-corrected chi connectivity index (χ1v) is 3.88. The van der Waals surface area contributed by atoms with E-state index in [-0.39, 0.29) is 6.54 Å². The maximum Gasteiger partial charge on any atom is 0.146 e. The molecule has 0 amide bonds. The summed E-state index contributed by atoms with van der Waals surface area (Å²) >= 11 is 2.04. The largest absolute Gasteiger partial charge is 0.187 e. The summed E-state index contributed by atoms with van der Waals surface area (Å²) in [6, 6.07) is 0. The van der Waals surface area contributed by atoms with Crippen LogP contribution in [0.3, 0.4) is 0 Å².